The Morgan fingerprint density at radius 1 is 0.367 bits per heavy atom. The second-order valence-electron chi connectivity index (χ2n) is 18.7. The van der Waals surface area contributed by atoms with Crippen LogP contribution in [0.25, 0.3) is 33.4 Å². The maximum Gasteiger partial charge on any atom is 0.252 e. The van der Waals surface area contributed by atoms with E-state index in [0.29, 0.717) is 0 Å². The maximum atomic E-state index is 2.60. The van der Waals surface area contributed by atoms with Crippen molar-refractivity contribution in [3.63, 3.8) is 0 Å². The Morgan fingerprint density at radius 2 is 0.833 bits per heavy atom. The molecular weight excluding hydrogens is 723 g/mol. The molecule has 0 atom stereocenters. The summed E-state index contributed by atoms with van der Waals surface area (Å²) in [6.45, 7) is 16.2. The number of para-hydroxylation sites is 2. The summed E-state index contributed by atoms with van der Waals surface area (Å²) in [6, 6.07) is 68.1. The molecule has 2 aliphatic rings. The van der Waals surface area contributed by atoms with Crippen LogP contribution in [0, 0.1) is 6.92 Å². The normalized spacial score (nSPS) is 13.2. The molecule has 0 aliphatic carbocycles. The Kier molecular flexibility index (Phi) is 8.99. The summed E-state index contributed by atoms with van der Waals surface area (Å²) in [5.74, 6) is 0. The summed E-state index contributed by atoms with van der Waals surface area (Å²) >= 11 is 0. The van der Waals surface area contributed by atoms with E-state index in [4.69, 9.17) is 0 Å². The lowest BCUT2D eigenvalue weighted by Gasteiger charge is -2.45. The lowest BCUT2D eigenvalue weighted by Crippen LogP contribution is -2.61. The Labute approximate surface area is 356 Å². The first-order valence-corrected chi connectivity index (χ1v) is 21.4. The van der Waals surface area contributed by atoms with Crippen molar-refractivity contribution in [1.82, 2.24) is 0 Å². The van der Waals surface area contributed by atoms with Gasteiger partial charge in [-0.2, -0.15) is 0 Å². The van der Waals surface area contributed by atoms with Gasteiger partial charge in [0.15, 0.2) is 0 Å². The van der Waals surface area contributed by atoms with Crippen LogP contribution < -0.4 is 26.2 Å². The zero-order valence-corrected chi connectivity index (χ0v) is 35.8. The van der Waals surface area contributed by atoms with Gasteiger partial charge in [0, 0.05) is 39.4 Å². The van der Waals surface area contributed by atoms with Gasteiger partial charge in [0.2, 0.25) is 0 Å². The largest absolute Gasteiger partial charge is 0.311 e. The van der Waals surface area contributed by atoms with E-state index in [1.54, 1.807) is 0 Å². The molecule has 0 amide bonds. The maximum absolute atomic E-state index is 2.60. The molecule has 60 heavy (non-hydrogen) atoms. The lowest BCUT2D eigenvalue weighted by atomic mass is 9.33. The summed E-state index contributed by atoms with van der Waals surface area (Å²) < 4.78 is 0. The van der Waals surface area contributed by atoms with Gasteiger partial charge in [0.1, 0.15) is 0 Å². The van der Waals surface area contributed by atoms with Crippen molar-refractivity contribution in [3.8, 4) is 33.4 Å². The van der Waals surface area contributed by atoms with Crippen LogP contribution in [0.2, 0.25) is 0 Å². The number of hydrogen-bond donors (Lipinski definition) is 0. The van der Waals surface area contributed by atoms with E-state index >= 15 is 0 Å². The van der Waals surface area contributed by atoms with Crippen LogP contribution in [0.15, 0.2) is 182 Å². The highest BCUT2D eigenvalue weighted by Gasteiger charge is 2.45. The molecule has 8 aromatic carbocycles. The Balaban J connectivity index is 1.33. The van der Waals surface area contributed by atoms with E-state index in [0.717, 1.165) is 0 Å². The van der Waals surface area contributed by atoms with Gasteiger partial charge in [-0.15, -0.1) is 0 Å². The van der Waals surface area contributed by atoms with Gasteiger partial charge in [0.25, 0.3) is 6.71 Å². The second-order valence-corrected chi connectivity index (χ2v) is 18.7. The third-order valence-corrected chi connectivity index (χ3v) is 12.6. The molecule has 0 aromatic heterocycles. The molecule has 0 spiro atoms. The predicted molar refractivity (Wildman–Crippen MR) is 259 cm³/mol. The lowest BCUT2D eigenvalue weighted by molar-refractivity contribution is 0.590. The van der Waals surface area contributed by atoms with E-state index in [2.05, 4.69) is 240 Å². The zero-order valence-electron chi connectivity index (χ0n) is 35.8. The van der Waals surface area contributed by atoms with Gasteiger partial charge in [0.05, 0.1) is 11.4 Å². The van der Waals surface area contributed by atoms with Crippen LogP contribution in [-0.4, -0.2) is 6.71 Å². The second kappa shape index (κ2) is 14.3. The van der Waals surface area contributed by atoms with Crippen LogP contribution in [0.4, 0.5) is 34.1 Å². The summed E-state index contributed by atoms with van der Waals surface area (Å²) in [5, 5.41) is 0. The molecule has 2 aliphatic heterocycles. The van der Waals surface area contributed by atoms with Crippen LogP contribution >= 0.6 is 0 Å². The molecule has 0 bridgehead atoms. The van der Waals surface area contributed by atoms with Crippen molar-refractivity contribution in [2.75, 3.05) is 9.80 Å². The van der Waals surface area contributed by atoms with Crippen molar-refractivity contribution in [3.05, 3.63) is 199 Å². The standard InChI is InChI=1S/C57H51BN2/c1-38-34-52-54-53(35-38)60(55-44(39-20-11-8-12-21-39)26-19-27-45(55)40-22-13-9-14-23-40)50-29-18-17-28-47(50)58(54)48-37-43(57(5,6)7)31-33-51(48)59(52)49-32-30-42(56(2,3)4)36-46(49)41-24-15-10-16-25-41/h8-37H,1-7H3. The average Bonchev–Trinajstić information content (AvgIpc) is 3.26. The third kappa shape index (κ3) is 6.27. The van der Waals surface area contributed by atoms with E-state index in [1.807, 2.05) is 0 Å². The Morgan fingerprint density at radius 3 is 1.40 bits per heavy atom. The Hall–Kier alpha value is -6.58. The minimum Gasteiger partial charge on any atom is -0.311 e. The zero-order chi connectivity index (χ0) is 41.3. The molecule has 0 fully saturated rings. The SMILES string of the molecule is Cc1cc2c3c(c1)N(c1c(-c4ccccc4)cccc1-c1ccccc1)c1ccccc1B3c1cc(C(C)(C)C)ccc1N2c1ccc(C(C)(C)C)cc1-c1ccccc1. The summed E-state index contributed by atoms with van der Waals surface area (Å²) in [6.07, 6.45) is 0. The van der Waals surface area contributed by atoms with Crippen LogP contribution in [-0.2, 0) is 10.8 Å². The fourth-order valence-corrected chi connectivity index (χ4v) is 9.59. The first-order valence-electron chi connectivity index (χ1n) is 21.4. The molecule has 3 heteroatoms. The minimum atomic E-state index is -0.0285. The molecule has 0 radical (unpaired) electrons. The number of aryl methyl sites for hydroxylation is 1. The van der Waals surface area contributed by atoms with Crippen LogP contribution in [0.1, 0.15) is 58.2 Å². The first-order chi connectivity index (χ1) is 29.0. The van der Waals surface area contributed by atoms with Gasteiger partial charge in [-0.1, -0.05) is 187 Å². The highest BCUT2D eigenvalue weighted by Crippen LogP contribution is 2.51. The average molecular weight is 775 g/mol. The summed E-state index contributed by atoms with van der Waals surface area (Å²) in [5.41, 5.74) is 22.3. The number of benzene rings is 8. The number of hydrogen-bond acceptors (Lipinski definition) is 2. The molecule has 8 aromatic rings. The number of rotatable bonds is 5. The van der Waals surface area contributed by atoms with E-state index < -0.39 is 0 Å². The summed E-state index contributed by atoms with van der Waals surface area (Å²) in [7, 11) is 0. The number of fused-ring (bicyclic) bond motifs is 4. The first kappa shape index (κ1) is 37.7. The van der Waals surface area contributed by atoms with Crippen molar-refractivity contribution in [1.29, 1.82) is 0 Å². The molecule has 0 N–H and O–H groups in total. The van der Waals surface area contributed by atoms with E-state index in [9.17, 15) is 0 Å². The monoisotopic (exact) mass is 774 g/mol. The van der Waals surface area contributed by atoms with E-state index in [-0.39, 0.29) is 17.5 Å². The number of nitrogens with zero attached hydrogens (tertiary/aromatic N) is 2. The summed E-state index contributed by atoms with van der Waals surface area (Å²) in [4.78, 5) is 5.19. The van der Waals surface area contributed by atoms with Gasteiger partial charge in [-0.3, -0.25) is 0 Å². The minimum absolute atomic E-state index is 0.0100. The molecule has 0 saturated heterocycles. The molecular formula is C57H51BN2. The highest BCUT2D eigenvalue weighted by atomic mass is 15.2. The van der Waals surface area contributed by atoms with Crippen molar-refractivity contribution >= 4 is 57.2 Å². The third-order valence-electron chi connectivity index (χ3n) is 12.6. The van der Waals surface area contributed by atoms with E-state index in [1.165, 1.54) is 101 Å². The topological polar surface area (TPSA) is 6.48 Å². The van der Waals surface area contributed by atoms with Gasteiger partial charge in [-0.25, -0.2) is 0 Å². The van der Waals surface area contributed by atoms with Gasteiger partial charge in [-0.05, 0) is 104 Å². The predicted octanol–water partition coefficient (Wildman–Crippen LogP) is 13.7. The van der Waals surface area contributed by atoms with Crippen LogP contribution in [0.5, 0.6) is 0 Å². The molecule has 292 valence electrons. The van der Waals surface area contributed by atoms with Crippen molar-refractivity contribution in [2.24, 2.45) is 0 Å². The fourth-order valence-electron chi connectivity index (χ4n) is 9.59. The molecule has 0 unspecified atom stereocenters. The fraction of sp³-hybridized carbons (Fsp3) is 0.158. The molecule has 10 rings (SSSR count). The quantitative estimate of drug-likeness (QED) is 0.161. The van der Waals surface area contributed by atoms with Gasteiger partial charge >= 0.3 is 0 Å². The Bertz CT molecular complexity index is 2840. The molecule has 0 saturated carbocycles. The van der Waals surface area contributed by atoms with Crippen LogP contribution in [0.3, 0.4) is 0 Å². The highest BCUT2D eigenvalue weighted by molar-refractivity contribution is 7.00. The molecule has 2 heterocycles. The smallest absolute Gasteiger partial charge is 0.252 e. The van der Waals surface area contributed by atoms with Gasteiger partial charge < -0.3 is 9.80 Å². The molecule has 2 nitrogen and oxygen atoms in total. The van der Waals surface area contributed by atoms with Crippen molar-refractivity contribution in [2.45, 2.75) is 59.3 Å². The number of anilines is 6. The van der Waals surface area contributed by atoms with Crippen molar-refractivity contribution < 1.29 is 0 Å².